The zero-order valence-corrected chi connectivity index (χ0v) is 11.6. The van der Waals surface area contributed by atoms with Gasteiger partial charge in [0.15, 0.2) is 0 Å². The van der Waals surface area contributed by atoms with Gasteiger partial charge in [-0.25, -0.2) is 0 Å². The molecule has 1 rings (SSSR count). The minimum atomic E-state index is -4.41. The van der Waals surface area contributed by atoms with Crippen LogP contribution in [0.1, 0.15) is 18.9 Å². The lowest BCUT2D eigenvalue weighted by atomic mass is 10.1. The summed E-state index contributed by atoms with van der Waals surface area (Å²) in [7, 11) is 0. The van der Waals surface area contributed by atoms with Crippen LogP contribution in [0.15, 0.2) is 27.8 Å². The van der Waals surface area contributed by atoms with Gasteiger partial charge in [0, 0.05) is 22.6 Å². The Morgan fingerprint density at radius 1 is 1.47 bits per heavy atom. The smallest absolute Gasteiger partial charge is 0.409 e. The first kappa shape index (κ1) is 15.6. The van der Waals surface area contributed by atoms with Gasteiger partial charge in [-0.15, -0.1) is 0 Å². The topological polar surface area (TPSA) is 70.6 Å². The Morgan fingerprint density at radius 3 is 2.63 bits per heavy atom. The highest BCUT2D eigenvalue weighted by Crippen LogP contribution is 2.33. The van der Waals surface area contributed by atoms with Crippen LogP contribution in [0.5, 0.6) is 0 Å². The number of nitrogens with zero attached hydrogens (tertiary/aromatic N) is 1. The number of amidine groups is 1. The van der Waals surface area contributed by atoms with Crippen LogP contribution >= 0.6 is 15.9 Å². The van der Waals surface area contributed by atoms with Crippen LogP contribution in [0, 0.1) is 0 Å². The number of rotatable bonds is 4. The van der Waals surface area contributed by atoms with Crippen LogP contribution < -0.4 is 11.1 Å². The third kappa shape index (κ3) is 4.98. The highest BCUT2D eigenvalue weighted by Gasteiger charge is 2.31. The summed E-state index contributed by atoms with van der Waals surface area (Å²) in [6.45, 7) is 1.71. The molecule has 0 saturated carbocycles. The summed E-state index contributed by atoms with van der Waals surface area (Å²) in [4.78, 5) is 0. The first-order chi connectivity index (χ1) is 8.72. The normalized spacial score (nSPS) is 14.3. The summed E-state index contributed by atoms with van der Waals surface area (Å²) in [5, 5.41) is 14.1. The number of anilines is 1. The van der Waals surface area contributed by atoms with E-state index in [1.165, 1.54) is 6.07 Å². The van der Waals surface area contributed by atoms with Crippen LogP contribution in [0.4, 0.5) is 18.9 Å². The molecule has 0 heterocycles. The molecule has 0 saturated heterocycles. The van der Waals surface area contributed by atoms with Gasteiger partial charge in [0.25, 0.3) is 0 Å². The molecule has 106 valence electrons. The summed E-state index contributed by atoms with van der Waals surface area (Å²) in [6.07, 6.45) is -4.20. The van der Waals surface area contributed by atoms with Gasteiger partial charge in [-0.1, -0.05) is 21.1 Å². The number of nitrogens with two attached hydrogens (primary N) is 1. The van der Waals surface area contributed by atoms with E-state index in [9.17, 15) is 13.2 Å². The van der Waals surface area contributed by atoms with Crippen molar-refractivity contribution in [3.05, 3.63) is 28.2 Å². The Hall–Kier alpha value is -1.44. The summed E-state index contributed by atoms with van der Waals surface area (Å²) >= 11 is 3.03. The SMILES string of the molecule is CC(CC(N)=NO)Nc1cc(Br)cc(C(F)(F)F)c1. The Kier molecular flexibility index (Phi) is 5.04. The number of halogens is 4. The number of oxime groups is 1. The van der Waals surface area contributed by atoms with Gasteiger partial charge in [-0.05, 0) is 25.1 Å². The predicted molar refractivity (Wildman–Crippen MR) is 70.3 cm³/mol. The van der Waals surface area contributed by atoms with Gasteiger partial charge in [-0.2, -0.15) is 13.2 Å². The van der Waals surface area contributed by atoms with E-state index >= 15 is 0 Å². The molecule has 0 fully saturated rings. The van der Waals surface area contributed by atoms with E-state index in [0.717, 1.165) is 12.1 Å². The first-order valence-corrected chi connectivity index (χ1v) is 6.12. The van der Waals surface area contributed by atoms with Crippen molar-refractivity contribution in [2.45, 2.75) is 25.6 Å². The van der Waals surface area contributed by atoms with E-state index in [2.05, 4.69) is 26.4 Å². The highest BCUT2D eigenvalue weighted by atomic mass is 79.9. The van der Waals surface area contributed by atoms with Crippen molar-refractivity contribution in [3.63, 3.8) is 0 Å². The number of alkyl halides is 3. The Balaban J connectivity index is 2.87. The minimum Gasteiger partial charge on any atom is -0.409 e. The Labute approximate surface area is 116 Å². The molecule has 1 aromatic carbocycles. The van der Waals surface area contributed by atoms with Crippen LogP contribution in [0.3, 0.4) is 0 Å². The summed E-state index contributed by atoms with van der Waals surface area (Å²) in [5.41, 5.74) is 4.88. The fourth-order valence-corrected chi connectivity index (χ4v) is 2.02. The fraction of sp³-hybridized carbons (Fsp3) is 0.364. The highest BCUT2D eigenvalue weighted by molar-refractivity contribution is 9.10. The lowest BCUT2D eigenvalue weighted by molar-refractivity contribution is -0.137. The molecule has 0 aromatic heterocycles. The van der Waals surface area contributed by atoms with Crippen LogP contribution in [0.25, 0.3) is 0 Å². The number of nitrogens with one attached hydrogen (secondary N) is 1. The second-order valence-electron chi connectivity index (χ2n) is 4.07. The molecule has 0 aliphatic rings. The summed E-state index contributed by atoms with van der Waals surface area (Å²) in [5.74, 6) is 0.00559. The standard InChI is InChI=1S/C11H13BrF3N3O/c1-6(2-10(16)18-19)17-9-4-7(11(13,14)15)3-8(12)5-9/h3-6,17,19H,2H2,1H3,(H2,16,18). The molecule has 0 radical (unpaired) electrons. The zero-order valence-electron chi connectivity index (χ0n) is 10.0. The Morgan fingerprint density at radius 2 is 2.11 bits per heavy atom. The van der Waals surface area contributed by atoms with Gasteiger partial charge < -0.3 is 16.3 Å². The second kappa shape index (κ2) is 6.14. The zero-order chi connectivity index (χ0) is 14.6. The number of hydrogen-bond acceptors (Lipinski definition) is 3. The summed E-state index contributed by atoms with van der Waals surface area (Å²) in [6, 6.07) is 3.26. The molecule has 0 amide bonds. The lowest BCUT2D eigenvalue weighted by Crippen LogP contribution is -2.24. The monoisotopic (exact) mass is 339 g/mol. The molecule has 1 aromatic rings. The van der Waals surface area contributed by atoms with E-state index in [1.54, 1.807) is 6.92 Å². The van der Waals surface area contributed by atoms with Crippen molar-refractivity contribution in [2.75, 3.05) is 5.32 Å². The maximum Gasteiger partial charge on any atom is 0.416 e. The van der Waals surface area contributed by atoms with Crippen molar-refractivity contribution < 1.29 is 18.4 Å². The molecule has 0 aliphatic heterocycles. The lowest BCUT2D eigenvalue weighted by Gasteiger charge is -2.16. The minimum absolute atomic E-state index is 0.00559. The number of hydrogen-bond donors (Lipinski definition) is 3. The third-order valence-corrected chi connectivity index (χ3v) is 2.74. The number of benzene rings is 1. The molecule has 0 bridgehead atoms. The van der Waals surface area contributed by atoms with Gasteiger partial charge in [0.2, 0.25) is 0 Å². The fourth-order valence-electron chi connectivity index (χ4n) is 1.53. The maximum atomic E-state index is 12.6. The van der Waals surface area contributed by atoms with Gasteiger partial charge >= 0.3 is 6.18 Å². The van der Waals surface area contributed by atoms with Gasteiger partial charge in [0.1, 0.15) is 5.84 Å². The summed E-state index contributed by atoms with van der Waals surface area (Å²) < 4.78 is 38.2. The van der Waals surface area contributed by atoms with Crippen LogP contribution in [0.2, 0.25) is 0 Å². The molecule has 0 aliphatic carbocycles. The largest absolute Gasteiger partial charge is 0.416 e. The first-order valence-electron chi connectivity index (χ1n) is 5.33. The van der Waals surface area contributed by atoms with E-state index in [1.807, 2.05) is 0 Å². The van der Waals surface area contributed by atoms with Crippen molar-refractivity contribution in [3.8, 4) is 0 Å². The molecule has 1 unspecified atom stereocenters. The molecule has 4 N–H and O–H groups in total. The molecule has 19 heavy (non-hydrogen) atoms. The Bertz CT molecular complexity index is 477. The second-order valence-corrected chi connectivity index (χ2v) is 4.98. The third-order valence-electron chi connectivity index (χ3n) is 2.28. The molecule has 1 atom stereocenters. The average Bonchev–Trinajstić information content (AvgIpc) is 2.26. The predicted octanol–water partition coefficient (Wildman–Crippen LogP) is 3.40. The van der Waals surface area contributed by atoms with E-state index < -0.39 is 11.7 Å². The van der Waals surface area contributed by atoms with E-state index in [4.69, 9.17) is 10.9 Å². The molecule has 8 heteroatoms. The molecular formula is C11H13BrF3N3O. The quantitative estimate of drug-likeness (QED) is 0.340. The molecular weight excluding hydrogens is 327 g/mol. The molecule has 0 spiro atoms. The van der Waals surface area contributed by atoms with Gasteiger partial charge in [-0.3, -0.25) is 0 Å². The van der Waals surface area contributed by atoms with Crippen molar-refractivity contribution in [1.29, 1.82) is 0 Å². The average molecular weight is 340 g/mol. The van der Waals surface area contributed by atoms with Crippen molar-refractivity contribution >= 4 is 27.5 Å². The van der Waals surface area contributed by atoms with Gasteiger partial charge in [0.05, 0.1) is 5.56 Å². The van der Waals surface area contributed by atoms with E-state index in [-0.39, 0.29) is 18.3 Å². The van der Waals surface area contributed by atoms with Crippen LogP contribution in [-0.2, 0) is 6.18 Å². The van der Waals surface area contributed by atoms with E-state index in [0.29, 0.717) is 10.2 Å². The van der Waals surface area contributed by atoms with Crippen LogP contribution in [-0.4, -0.2) is 17.1 Å². The van der Waals surface area contributed by atoms with Crippen molar-refractivity contribution in [2.24, 2.45) is 10.9 Å². The maximum absolute atomic E-state index is 12.6. The molecule has 4 nitrogen and oxygen atoms in total. The van der Waals surface area contributed by atoms with Crippen molar-refractivity contribution in [1.82, 2.24) is 0 Å².